The van der Waals surface area contributed by atoms with Crippen LogP contribution in [0.2, 0.25) is 0 Å². The minimum absolute atomic E-state index is 0.0863. The van der Waals surface area contributed by atoms with E-state index in [2.05, 4.69) is 10.9 Å². The third-order valence-corrected chi connectivity index (χ3v) is 4.44. The van der Waals surface area contributed by atoms with Gasteiger partial charge >= 0.3 is 0 Å². The Morgan fingerprint density at radius 3 is 2.26 bits per heavy atom. The lowest BCUT2D eigenvalue weighted by atomic mass is 10.2. The fraction of sp³-hybridized carbons (Fsp3) is 0.211. The summed E-state index contributed by atoms with van der Waals surface area (Å²) in [5, 5.41) is 0. The minimum Gasteiger partial charge on any atom is -0.454 e. The molecule has 2 aromatic carbocycles. The number of ether oxygens (including phenoxy) is 2. The number of fused-ring (bicyclic) bond motifs is 1. The van der Waals surface area contributed by atoms with E-state index in [1.165, 1.54) is 0 Å². The number of carbonyl (C=O) groups is 3. The van der Waals surface area contributed by atoms with Crippen molar-refractivity contribution < 1.29 is 23.9 Å². The molecule has 2 aromatic rings. The molecule has 138 valence electrons. The molecule has 0 atom stereocenters. The van der Waals surface area contributed by atoms with Gasteiger partial charge < -0.3 is 14.4 Å². The van der Waals surface area contributed by atoms with Crippen LogP contribution in [0, 0.1) is 0 Å². The van der Waals surface area contributed by atoms with Gasteiger partial charge in [0.2, 0.25) is 12.7 Å². The quantitative estimate of drug-likeness (QED) is 0.804. The van der Waals surface area contributed by atoms with Crippen molar-refractivity contribution in [2.45, 2.75) is 12.8 Å². The molecule has 0 radical (unpaired) electrons. The average molecular weight is 367 g/mol. The number of carbonyl (C=O) groups excluding carboxylic acids is 3. The molecule has 2 aliphatic heterocycles. The zero-order valence-corrected chi connectivity index (χ0v) is 14.4. The van der Waals surface area contributed by atoms with Crippen molar-refractivity contribution in [2.75, 3.05) is 18.2 Å². The summed E-state index contributed by atoms with van der Waals surface area (Å²) in [6.45, 7) is 0.812. The standard InChI is InChI=1S/C19H17N3O5/c23-17-2-1-9-22(17)14-6-3-12(4-7-14)18(24)20-21-19(25)13-5-8-15-16(10-13)27-11-26-15/h3-8,10H,1-2,9,11H2,(H,20,24)(H,21,25). The number of hydrazine groups is 1. The van der Waals surface area contributed by atoms with Crippen LogP contribution in [0.4, 0.5) is 5.69 Å². The number of nitrogens with one attached hydrogen (secondary N) is 2. The third-order valence-electron chi connectivity index (χ3n) is 4.44. The van der Waals surface area contributed by atoms with Gasteiger partial charge in [0.1, 0.15) is 0 Å². The molecule has 0 aliphatic carbocycles. The Hall–Kier alpha value is -3.55. The van der Waals surface area contributed by atoms with Crippen molar-refractivity contribution in [2.24, 2.45) is 0 Å². The molecule has 0 unspecified atom stereocenters. The molecule has 3 amide bonds. The lowest BCUT2D eigenvalue weighted by Crippen LogP contribution is -2.41. The number of hydrogen-bond acceptors (Lipinski definition) is 5. The normalized spacial score (nSPS) is 15.0. The Labute approximate surface area is 155 Å². The van der Waals surface area contributed by atoms with Gasteiger partial charge in [-0.05, 0) is 48.9 Å². The average Bonchev–Trinajstić information content (AvgIpc) is 3.34. The summed E-state index contributed by atoms with van der Waals surface area (Å²) in [7, 11) is 0. The predicted molar refractivity (Wildman–Crippen MR) is 95.5 cm³/mol. The second-order valence-electron chi connectivity index (χ2n) is 6.17. The molecule has 0 bridgehead atoms. The van der Waals surface area contributed by atoms with E-state index in [9.17, 15) is 14.4 Å². The molecule has 1 fully saturated rings. The van der Waals surface area contributed by atoms with Crippen LogP contribution < -0.4 is 25.2 Å². The fourth-order valence-corrected chi connectivity index (χ4v) is 3.01. The maximum atomic E-state index is 12.2. The van der Waals surface area contributed by atoms with Crippen molar-refractivity contribution in [1.82, 2.24) is 10.9 Å². The number of hydrogen-bond donors (Lipinski definition) is 2. The fourth-order valence-electron chi connectivity index (χ4n) is 3.01. The molecule has 4 rings (SSSR count). The Morgan fingerprint density at radius 2 is 1.56 bits per heavy atom. The van der Waals surface area contributed by atoms with E-state index in [0.29, 0.717) is 35.6 Å². The first-order valence-corrected chi connectivity index (χ1v) is 8.52. The summed E-state index contributed by atoms with van der Waals surface area (Å²) >= 11 is 0. The smallest absolute Gasteiger partial charge is 0.269 e. The van der Waals surface area contributed by atoms with Crippen LogP contribution in [-0.2, 0) is 4.79 Å². The van der Waals surface area contributed by atoms with E-state index in [0.717, 1.165) is 12.1 Å². The van der Waals surface area contributed by atoms with Crippen LogP contribution in [-0.4, -0.2) is 31.1 Å². The second kappa shape index (κ2) is 6.99. The van der Waals surface area contributed by atoms with E-state index in [4.69, 9.17) is 9.47 Å². The van der Waals surface area contributed by atoms with Crippen molar-refractivity contribution in [3.8, 4) is 11.5 Å². The first kappa shape index (κ1) is 16.9. The Bertz CT molecular complexity index is 910. The van der Waals surface area contributed by atoms with Gasteiger partial charge in [-0.25, -0.2) is 0 Å². The van der Waals surface area contributed by atoms with Gasteiger partial charge in [-0.2, -0.15) is 0 Å². The van der Waals surface area contributed by atoms with E-state index < -0.39 is 11.8 Å². The molecular formula is C19H17N3O5. The molecule has 0 spiro atoms. The Balaban J connectivity index is 1.36. The maximum absolute atomic E-state index is 12.2. The molecule has 27 heavy (non-hydrogen) atoms. The summed E-state index contributed by atoms with van der Waals surface area (Å²) in [5.41, 5.74) is 6.21. The molecule has 8 heteroatoms. The first-order valence-electron chi connectivity index (χ1n) is 8.52. The monoisotopic (exact) mass is 367 g/mol. The van der Waals surface area contributed by atoms with Crippen LogP contribution in [0.5, 0.6) is 11.5 Å². The SMILES string of the molecule is O=C(NNC(=O)c1ccc2c(c1)OCO2)c1ccc(N2CCCC2=O)cc1. The van der Waals surface area contributed by atoms with Crippen LogP contribution in [0.3, 0.4) is 0 Å². The van der Waals surface area contributed by atoms with Crippen LogP contribution >= 0.6 is 0 Å². The first-order chi connectivity index (χ1) is 13.1. The van der Waals surface area contributed by atoms with Crippen molar-refractivity contribution in [1.29, 1.82) is 0 Å². The molecule has 0 saturated carbocycles. The van der Waals surface area contributed by atoms with E-state index in [-0.39, 0.29) is 12.7 Å². The summed E-state index contributed by atoms with van der Waals surface area (Å²) in [6, 6.07) is 11.4. The van der Waals surface area contributed by atoms with Gasteiger partial charge in [0.25, 0.3) is 11.8 Å². The van der Waals surface area contributed by atoms with Gasteiger partial charge in [0.05, 0.1) is 0 Å². The highest BCUT2D eigenvalue weighted by Gasteiger charge is 2.22. The summed E-state index contributed by atoms with van der Waals surface area (Å²) in [4.78, 5) is 37.8. The molecule has 2 aliphatic rings. The number of amides is 3. The van der Waals surface area contributed by atoms with Gasteiger partial charge in [-0.1, -0.05) is 0 Å². The third kappa shape index (κ3) is 3.41. The van der Waals surface area contributed by atoms with Crippen molar-refractivity contribution in [3.63, 3.8) is 0 Å². The lowest BCUT2D eigenvalue weighted by molar-refractivity contribution is -0.117. The van der Waals surface area contributed by atoms with Crippen LogP contribution in [0.15, 0.2) is 42.5 Å². The predicted octanol–water partition coefficient (Wildman–Crippen LogP) is 1.62. The highest BCUT2D eigenvalue weighted by Crippen LogP contribution is 2.32. The Kier molecular flexibility index (Phi) is 4.37. The largest absolute Gasteiger partial charge is 0.454 e. The van der Waals surface area contributed by atoms with Gasteiger partial charge in [0.15, 0.2) is 11.5 Å². The number of anilines is 1. The molecule has 1 saturated heterocycles. The van der Waals surface area contributed by atoms with Gasteiger partial charge in [-0.15, -0.1) is 0 Å². The number of nitrogens with zero attached hydrogens (tertiary/aromatic N) is 1. The minimum atomic E-state index is -0.471. The lowest BCUT2D eigenvalue weighted by Gasteiger charge is -2.15. The summed E-state index contributed by atoms with van der Waals surface area (Å²) in [6.07, 6.45) is 1.39. The highest BCUT2D eigenvalue weighted by molar-refractivity contribution is 6.00. The highest BCUT2D eigenvalue weighted by atomic mass is 16.7. The van der Waals surface area contributed by atoms with Crippen LogP contribution in [0.1, 0.15) is 33.6 Å². The molecule has 2 heterocycles. The van der Waals surface area contributed by atoms with E-state index in [1.807, 2.05) is 0 Å². The summed E-state index contributed by atoms with van der Waals surface area (Å²) < 4.78 is 10.4. The number of benzene rings is 2. The zero-order chi connectivity index (χ0) is 18.8. The number of rotatable bonds is 3. The van der Waals surface area contributed by atoms with Crippen molar-refractivity contribution >= 4 is 23.4 Å². The van der Waals surface area contributed by atoms with Gasteiger partial charge in [0, 0.05) is 29.8 Å². The van der Waals surface area contributed by atoms with Crippen molar-refractivity contribution in [3.05, 3.63) is 53.6 Å². The molecule has 8 nitrogen and oxygen atoms in total. The molecule has 0 aromatic heterocycles. The topological polar surface area (TPSA) is 97.0 Å². The summed E-state index contributed by atoms with van der Waals surface area (Å²) in [5.74, 6) is 0.223. The van der Waals surface area contributed by atoms with Gasteiger partial charge in [-0.3, -0.25) is 25.2 Å². The molecular weight excluding hydrogens is 350 g/mol. The van der Waals surface area contributed by atoms with E-state index >= 15 is 0 Å². The van der Waals surface area contributed by atoms with E-state index in [1.54, 1.807) is 47.4 Å². The maximum Gasteiger partial charge on any atom is 0.269 e. The Morgan fingerprint density at radius 1 is 0.889 bits per heavy atom. The zero-order valence-electron chi connectivity index (χ0n) is 14.4. The second-order valence-corrected chi connectivity index (χ2v) is 6.17. The van der Waals surface area contributed by atoms with Crippen LogP contribution in [0.25, 0.3) is 0 Å². The molecule has 2 N–H and O–H groups in total.